The van der Waals surface area contributed by atoms with Gasteiger partial charge in [0.2, 0.25) is 5.91 Å². The summed E-state index contributed by atoms with van der Waals surface area (Å²) >= 11 is 0. The molecule has 1 aromatic rings. The minimum Gasteiger partial charge on any atom is -0.350 e. The van der Waals surface area contributed by atoms with Crippen LogP contribution < -0.4 is 10.6 Å². The number of rotatable bonds is 7. The van der Waals surface area contributed by atoms with Gasteiger partial charge in [0.1, 0.15) is 5.54 Å². The van der Waals surface area contributed by atoms with Crippen molar-refractivity contribution in [3.63, 3.8) is 0 Å². The maximum absolute atomic E-state index is 12.6. The number of aryl methyl sites for hydroxylation is 1. The predicted octanol–water partition coefficient (Wildman–Crippen LogP) is 3.07. The number of nitrogens with one attached hydrogen (secondary N) is 2. The van der Waals surface area contributed by atoms with Gasteiger partial charge in [0, 0.05) is 13.0 Å². The molecule has 2 N–H and O–H groups in total. The van der Waals surface area contributed by atoms with E-state index >= 15 is 0 Å². The Morgan fingerprint density at radius 1 is 1.22 bits per heavy atom. The summed E-state index contributed by atoms with van der Waals surface area (Å²) in [6, 6.07) is 7.85. The van der Waals surface area contributed by atoms with Crippen molar-refractivity contribution < 1.29 is 14.4 Å². The molecule has 1 saturated heterocycles. The van der Waals surface area contributed by atoms with Crippen LogP contribution in [0, 0.1) is 0 Å². The first-order valence-electron chi connectivity index (χ1n) is 9.97. The van der Waals surface area contributed by atoms with E-state index in [-0.39, 0.29) is 23.9 Å². The van der Waals surface area contributed by atoms with Crippen molar-refractivity contribution in [3.05, 3.63) is 35.4 Å². The van der Waals surface area contributed by atoms with Gasteiger partial charge in [-0.15, -0.1) is 0 Å². The summed E-state index contributed by atoms with van der Waals surface area (Å²) in [5.41, 5.74) is 1.67. The molecule has 3 rings (SSSR count). The van der Waals surface area contributed by atoms with Gasteiger partial charge in [-0.1, -0.05) is 44.0 Å². The number of hydrogen-bond acceptors (Lipinski definition) is 3. The van der Waals surface area contributed by atoms with Crippen LogP contribution in [0.4, 0.5) is 4.79 Å². The molecule has 1 aliphatic heterocycles. The van der Waals surface area contributed by atoms with Crippen LogP contribution in [0.5, 0.6) is 0 Å². The lowest BCUT2D eigenvalue weighted by atomic mass is 9.98. The minimum atomic E-state index is -0.668. The van der Waals surface area contributed by atoms with Gasteiger partial charge in [-0.2, -0.15) is 0 Å². The molecule has 27 heavy (non-hydrogen) atoms. The van der Waals surface area contributed by atoms with E-state index < -0.39 is 5.54 Å². The Morgan fingerprint density at radius 2 is 1.89 bits per heavy atom. The highest BCUT2D eigenvalue weighted by molar-refractivity contribution is 6.07. The summed E-state index contributed by atoms with van der Waals surface area (Å²) in [5.74, 6) is -0.181. The number of urea groups is 1. The smallest absolute Gasteiger partial charge is 0.325 e. The van der Waals surface area contributed by atoms with Crippen LogP contribution in [0.3, 0.4) is 0 Å². The lowest BCUT2D eigenvalue weighted by Crippen LogP contribution is -2.44. The van der Waals surface area contributed by atoms with Crippen molar-refractivity contribution in [2.24, 2.45) is 0 Å². The molecule has 0 aromatic heterocycles. The Kier molecular flexibility index (Phi) is 5.82. The van der Waals surface area contributed by atoms with Crippen molar-refractivity contribution in [2.75, 3.05) is 6.54 Å². The number of imide groups is 1. The van der Waals surface area contributed by atoms with Crippen molar-refractivity contribution in [2.45, 2.75) is 70.4 Å². The van der Waals surface area contributed by atoms with Gasteiger partial charge in [-0.25, -0.2) is 4.79 Å². The van der Waals surface area contributed by atoms with Crippen LogP contribution in [0.25, 0.3) is 0 Å². The number of amides is 4. The first kappa shape index (κ1) is 19.4. The van der Waals surface area contributed by atoms with Gasteiger partial charge in [0.15, 0.2) is 0 Å². The highest BCUT2D eigenvalue weighted by Crippen LogP contribution is 2.35. The number of carbonyl (C=O) groups is 3. The monoisotopic (exact) mass is 371 g/mol. The summed E-state index contributed by atoms with van der Waals surface area (Å²) in [4.78, 5) is 38.2. The van der Waals surface area contributed by atoms with E-state index in [0.29, 0.717) is 19.4 Å². The summed E-state index contributed by atoms with van der Waals surface area (Å²) in [6.07, 6.45) is 5.15. The maximum Gasteiger partial charge on any atom is 0.325 e. The van der Waals surface area contributed by atoms with E-state index in [0.717, 1.165) is 37.7 Å². The molecule has 1 spiro atoms. The van der Waals surface area contributed by atoms with Crippen LogP contribution >= 0.6 is 0 Å². The molecule has 4 amide bonds. The number of nitrogens with zero attached hydrogens (tertiary/aromatic N) is 1. The molecular weight excluding hydrogens is 342 g/mol. The standard InChI is InChI=1S/C21H29N3O3/c1-3-16-8-10-17(11-9-16)15(2)22-18(25)7-6-14-24-19(26)21(23-20(24)27)12-4-5-13-21/h8-11,15H,3-7,12-14H2,1-2H3,(H,22,25)(H,23,27)/t15-/m1/s1. The summed E-state index contributed by atoms with van der Waals surface area (Å²) in [5, 5.41) is 5.85. The molecule has 1 heterocycles. The van der Waals surface area contributed by atoms with Crippen LogP contribution in [-0.4, -0.2) is 34.8 Å². The third kappa shape index (κ3) is 4.15. The van der Waals surface area contributed by atoms with Crippen LogP contribution in [0.15, 0.2) is 24.3 Å². The molecular formula is C21H29N3O3. The molecule has 2 aliphatic rings. The van der Waals surface area contributed by atoms with Crippen molar-refractivity contribution in [1.29, 1.82) is 0 Å². The lowest BCUT2D eigenvalue weighted by molar-refractivity contribution is -0.131. The maximum atomic E-state index is 12.6. The average Bonchev–Trinajstić information content (AvgIpc) is 3.22. The van der Waals surface area contributed by atoms with E-state index in [4.69, 9.17) is 0 Å². The lowest BCUT2D eigenvalue weighted by Gasteiger charge is -2.20. The summed E-state index contributed by atoms with van der Waals surface area (Å²) < 4.78 is 0. The summed E-state index contributed by atoms with van der Waals surface area (Å²) in [6.45, 7) is 4.36. The quantitative estimate of drug-likeness (QED) is 0.723. The second-order valence-corrected chi connectivity index (χ2v) is 7.66. The van der Waals surface area contributed by atoms with Crippen LogP contribution in [0.2, 0.25) is 0 Å². The molecule has 6 heteroatoms. The van der Waals surface area contributed by atoms with Gasteiger partial charge >= 0.3 is 6.03 Å². The zero-order valence-corrected chi connectivity index (χ0v) is 16.2. The third-order valence-corrected chi connectivity index (χ3v) is 5.75. The van der Waals surface area contributed by atoms with Crippen LogP contribution in [0.1, 0.15) is 69.5 Å². The van der Waals surface area contributed by atoms with Crippen LogP contribution in [-0.2, 0) is 16.0 Å². The fourth-order valence-electron chi connectivity index (χ4n) is 4.03. The van der Waals surface area contributed by atoms with Gasteiger partial charge < -0.3 is 10.6 Å². The topological polar surface area (TPSA) is 78.5 Å². The fraction of sp³-hybridized carbons (Fsp3) is 0.571. The van der Waals surface area contributed by atoms with Crippen molar-refractivity contribution in [3.8, 4) is 0 Å². The van der Waals surface area contributed by atoms with Crippen molar-refractivity contribution >= 4 is 17.8 Å². The summed E-state index contributed by atoms with van der Waals surface area (Å²) in [7, 11) is 0. The van der Waals surface area contributed by atoms with Gasteiger partial charge in [0.05, 0.1) is 6.04 Å². The highest BCUT2D eigenvalue weighted by atomic mass is 16.2. The SMILES string of the molecule is CCc1ccc([C@@H](C)NC(=O)CCCN2C(=O)NC3(CCCC3)C2=O)cc1. The molecule has 1 saturated carbocycles. The van der Waals surface area contributed by atoms with E-state index in [1.807, 2.05) is 19.1 Å². The molecule has 0 radical (unpaired) electrons. The third-order valence-electron chi connectivity index (χ3n) is 5.75. The predicted molar refractivity (Wildman–Crippen MR) is 103 cm³/mol. The molecule has 2 fully saturated rings. The second kappa shape index (κ2) is 8.11. The zero-order valence-electron chi connectivity index (χ0n) is 16.2. The number of hydrogen-bond donors (Lipinski definition) is 2. The Bertz CT molecular complexity index is 708. The van der Waals surface area contributed by atoms with Gasteiger partial charge in [0.25, 0.3) is 5.91 Å². The normalized spacial score (nSPS) is 19.4. The molecule has 0 bridgehead atoms. The molecule has 1 aromatic carbocycles. The van der Waals surface area contributed by atoms with E-state index in [9.17, 15) is 14.4 Å². The highest BCUT2D eigenvalue weighted by Gasteiger charge is 2.51. The van der Waals surface area contributed by atoms with E-state index in [1.54, 1.807) is 0 Å². The molecule has 0 unspecified atom stereocenters. The Labute approximate surface area is 160 Å². The molecule has 146 valence electrons. The Morgan fingerprint density at radius 3 is 2.52 bits per heavy atom. The van der Waals surface area contributed by atoms with Gasteiger partial charge in [-0.3, -0.25) is 14.5 Å². The molecule has 1 atom stereocenters. The largest absolute Gasteiger partial charge is 0.350 e. The second-order valence-electron chi connectivity index (χ2n) is 7.66. The van der Waals surface area contributed by atoms with Gasteiger partial charge in [-0.05, 0) is 43.7 Å². The molecule has 6 nitrogen and oxygen atoms in total. The first-order chi connectivity index (χ1) is 12.9. The molecule has 1 aliphatic carbocycles. The van der Waals surface area contributed by atoms with E-state index in [2.05, 4.69) is 29.7 Å². The number of benzene rings is 1. The zero-order chi connectivity index (χ0) is 19.4. The van der Waals surface area contributed by atoms with Crippen molar-refractivity contribution in [1.82, 2.24) is 15.5 Å². The van der Waals surface area contributed by atoms with E-state index in [1.165, 1.54) is 10.5 Å². The Balaban J connectivity index is 1.45. The fourth-order valence-corrected chi connectivity index (χ4v) is 4.03. The number of carbonyl (C=O) groups excluding carboxylic acids is 3. The first-order valence-corrected chi connectivity index (χ1v) is 9.97. The minimum absolute atomic E-state index is 0.0651. The average molecular weight is 371 g/mol. The Hall–Kier alpha value is -2.37.